The third kappa shape index (κ3) is 4.97. The molecule has 0 fully saturated rings. The van der Waals surface area contributed by atoms with E-state index in [1.807, 2.05) is 0 Å². The van der Waals surface area contributed by atoms with Gasteiger partial charge < -0.3 is 20.4 Å². The highest BCUT2D eigenvalue weighted by molar-refractivity contribution is 5.87. The van der Waals surface area contributed by atoms with Crippen LogP contribution in [-0.2, 0) is 9.59 Å². The topological polar surface area (TPSA) is 115 Å². The minimum atomic E-state index is -2.15. The highest BCUT2D eigenvalue weighted by Gasteiger charge is 2.29. The summed E-state index contributed by atoms with van der Waals surface area (Å²) >= 11 is 0. The lowest BCUT2D eigenvalue weighted by molar-refractivity contribution is -0.133. The highest BCUT2D eigenvalue weighted by atomic mass is 16.4. The van der Waals surface area contributed by atoms with Crippen molar-refractivity contribution in [1.29, 1.82) is 0 Å². The molecule has 0 bridgehead atoms. The zero-order valence-electron chi connectivity index (χ0n) is 11.0. The molecular weight excluding hydrogens is 252 g/mol. The van der Waals surface area contributed by atoms with Crippen LogP contribution in [0.2, 0.25) is 0 Å². The van der Waals surface area contributed by atoms with Gasteiger partial charge in [0.2, 0.25) is 0 Å². The fraction of sp³-hybridized carbons (Fsp3) is 0.385. The molecule has 0 aliphatic rings. The Morgan fingerprint density at radius 1 is 1.00 bits per heavy atom. The standard InChI is InChI=1S/C13H18O6/c1-4-5-10(14)13(19,6-8(2)11(15)16)7-9(3)12(17)18/h5-7,14,19H,4H2,1-3H3,(H,15,16)(H,17,18). The van der Waals surface area contributed by atoms with Crippen LogP contribution in [0, 0.1) is 0 Å². The number of hydrogen-bond acceptors (Lipinski definition) is 4. The van der Waals surface area contributed by atoms with E-state index in [0.29, 0.717) is 6.42 Å². The lowest BCUT2D eigenvalue weighted by Gasteiger charge is -2.21. The van der Waals surface area contributed by atoms with E-state index >= 15 is 0 Å². The first-order valence-electron chi connectivity index (χ1n) is 5.61. The van der Waals surface area contributed by atoms with Gasteiger partial charge in [-0.15, -0.1) is 0 Å². The summed E-state index contributed by atoms with van der Waals surface area (Å²) in [5.41, 5.74) is -2.58. The van der Waals surface area contributed by atoms with Gasteiger partial charge in [0.15, 0.2) is 5.60 Å². The summed E-state index contributed by atoms with van der Waals surface area (Å²) in [5.74, 6) is -3.07. The highest BCUT2D eigenvalue weighted by Crippen LogP contribution is 2.23. The van der Waals surface area contributed by atoms with Crippen molar-refractivity contribution in [1.82, 2.24) is 0 Å². The third-order valence-corrected chi connectivity index (χ3v) is 2.36. The number of aliphatic carboxylic acids is 2. The molecule has 0 amide bonds. The maximum absolute atomic E-state index is 10.8. The lowest BCUT2D eigenvalue weighted by atomic mass is 9.94. The second-order valence-corrected chi connectivity index (χ2v) is 4.09. The minimum Gasteiger partial charge on any atom is -0.509 e. The summed E-state index contributed by atoms with van der Waals surface area (Å²) < 4.78 is 0. The van der Waals surface area contributed by atoms with Crippen LogP contribution in [-0.4, -0.2) is 38.0 Å². The normalized spacial score (nSPS) is 16.9. The number of aliphatic hydroxyl groups is 2. The van der Waals surface area contributed by atoms with E-state index in [-0.39, 0.29) is 11.1 Å². The number of hydrogen-bond donors (Lipinski definition) is 4. The molecule has 0 radical (unpaired) electrons. The molecule has 0 unspecified atom stereocenters. The zero-order valence-corrected chi connectivity index (χ0v) is 11.0. The number of carboxylic acid groups (broad SMARTS) is 2. The monoisotopic (exact) mass is 270 g/mol. The van der Waals surface area contributed by atoms with Gasteiger partial charge in [-0.05, 0) is 38.5 Å². The molecule has 106 valence electrons. The average molecular weight is 270 g/mol. The van der Waals surface area contributed by atoms with Gasteiger partial charge in [0.1, 0.15) is 5.76 Å². The molecular formula is C13H18O6. The summed E-state index contributed by atoms with van der Waals surface area (Å²) in [6.07, 6.45) is 3.46. The fourth-order valence-corrected chi connectivity index (χ4v) is 1.33. The molecule has 0 aromatic carbocycles. The molecule has 0 heterocycles. The molecule has 6 heteroatoms. The number of carboxylic acids is 2. The molecule has 0 aromatic heterocycles. The quantitative estimate of drug-likeness (QED) is 0.430. The minimum absolute atomic E-state index is 0.215. The molecule has 0 aromatic rings. The fourth-order valence-electron chi connectivity index (χ4n) is 1.33. The molecule has 0 atom stereocenters. The Hall–Kier alpha value is -2.08. The van der Waals surface area contributed by atoms with Crippen LogP contribution in [0.15, 0.2) is 35.1 Å². The molecule has 0 saturated heterocycles. The van der Waals surface area contributed by atoms with E-state index in [1.165, 1.54) is 19.9 Å². The van der Waals surface area contributed by atoms with E-state index in [0.717, 1.165) is 12.2 Å². The Bertz CT molecular complexity index is 426. The van der Waals surface area contributed by atoms with Crippen molar-refractivity contribution < 1.29 is 30.0 Å². The summed E-state index contributed by atoms with van der Waals surface area (Å²) in [6, 6.07) is 0. The first kappa shape index (κ1) is 16.9. The van der Waals surface area contributed by atoms with E-state index in [4.69, 9.17) is 10.2 Å². The number of allylic oxidation sites excluding steroid dienone is 1. The SMILES string of the molecule is CCC=C(O)C(O)(C=C(C)C(=O)O)C=C(C)C(=O)O. The first-order chi connectivity index (χ1) is 8.64. The smallest absolute Gasteiger partial charge is 0.331 e. The van der Waals surface area contributed by atoms with Crippen LogP contribution >= 0.6 is 0 Å². The summed E-state index contributed by atoms with van der Waals surface area (Å²) in [7, 11) is 0. The van der Waals surface area contributed by atoms with Crippen LogP contribution in [0.4, 0.5) is 0 Å². The van der Waals surface area contributed by atoms with Crippen molar-refractivity contribution in [3.8, 4) is 0 Å². The number of aliphatic hydroxyl groups excluding tert-OH is 1. The molecule has 4 N–H and O–H groups in total. The van der Waals surface area contributed by atoms with Crippen LogP contribution in [0.5, 0.6) is 0 Å². The van der Waals surface area contributed by atoms with Crippen molar-refractivity contribution in [2.24, 2.45) is 0 Å². The average Bonchev–Trinajstić information content (AvgIpc) is 2.28. The van der Waals surface area contributed by atoms with Gasteiger partial charge in [-0.1, -0.05) is 6.92 Å². The van der Waals surface area contributed by atoms with Crippen LogP contribution < -0.4 is 0 Å². The second kappa shape index (κ2) is 6.75. The largest absolute Gasteiger partial charge is 0.509 e. The Morgan fingerprint density at radius 2 is 1.37 bits per heavy atom. The maximum Gasteiger partial charge on any atom is 0.331 e. The maximum atomic E-state index is 10.8. The molecule has 6 nitrogen and oxygen atoms in total. The summed E-state index contributed by atoms with van der Waals surface area (Å²) in [5, 5.41) is 37.6. The van der Waals surface area contributed by atoms with E-state index in [9.17, 15) is 19.8 Å². The Kier molecular flexibility index (Phi) is 6.01. The van der Waals surface area contributed by atoms with Gasteiger partial charge >= 0.3 is 11.9 Å². The molecule has 19 heavy (non-hydrogen) atoms. The van der Waals surface area contributed by atoms with E-state index < -0.39 is 23.3 Å². The van der Waals surface area contributed by atoms with Gasteiger partial charge in [-0.3, -0.25) is 0 Å². The van der Waals surface area contributed by atoms with Gasteiger partial charge in [0.25, 0.3) is 0 Å². The van der Waals surface area contributed by atoms with Crippen molar-refractivity contribution in [3.05, 3.63) is 35.1 Å². The van der Waals surface area contributed by atoms with Gasteiger partial charge in [-0.25, -0.2) is 9.59 Å². The predicted molar refractivity (Wildman–Crippen MR) is 68.7 cm³/mol. The van der Waals surface area contributed by atoms with Crippen molar-refractivity contribution in [2.75, 3.05) is 0 Å². The van der Waals surface area contributed by atoms with Gasteiger partial charge in [-0.2, -0.15) is 0 Å². The summed E-state index contributed by atoms with van der Waals surface area (Å²) in [4.78, 5) is 21.5. The Morgan fingerprint density at radius 3 is 1.63 bits per heavy atom. The van der Waals surface area contributed by atoms with Crippen molar-refractivity contribution in [2.45, 2.75) is 32.8 Å². The van der Waals surface area contributed by atoms with Gasteiger partial charge in [0.05, 0.1) is 0 Å². The second-order valence-electron chi connectivity index (χ2n) is 4.09. The van der Waals surface area contributed by atoms with Crippen molar-refractivity contribution in [3.63, 3.8) is 0 Å². The third-order valence-electron chi connectivity index (χ3n) is 2.36. The molecule has 0 aliphatic carbocycles. The first-order valence-corrected chi connectivity index (χ1v) is 5.61. The van der Waals surface area contributed by atoms with Crippen LogP contribution in [0.3, 0.4) is 0 Å². The lowest BCUT2D eigenvalue weighted by Crippen LogP contribution is -2.28. The molecule has 0 rings (SSSR count). The van der Waals surface area contributed by atoms with E-state index in [1.54, 1.807) is 6.92 Å². The van der Waals surface area contributed by atoms with E-state index in [2.05, 4.69) is 0 Å². The van der Waals surface area contributed by atoms with Crippen LogP contribution in [0.25, 0.3) is 0 Å². The zero-order chi connectivity index (χ0) is 15.2. The Labute approximate surface area is 111 Å². The summed E-state index contributed by atoms with van der Waals surface area (Å²) in [6.45, 7) is 4.17. The number of carbonyl (C=O) groups is 2. The van der Waals surface area contributed by atoms with Crippen molar-refractivity contribution >= 4 is 11.9 Å². The number of rotatable bonds is 6. The predicted octanol–water partition coefficient (Wildman–Crippen LogP) is 1.63. The molecule has 0 saturated carbocycles. The van der Waals surface area contributed by atoms with Gasteiger partial charge in [0, 0.05) is 11.1 Å². The molecule has 0 spiro atoms. The Balaban J connectivity index is 5.83. The molecule has 0 aliphatic heterocycles. The van der Waals surface area contributed by atoms with Crippen LogP contribution in [0.1, 0.15) is 27.2 Å².